The molecule has 3 nitrogen and oxygen atoms in total. The van der Waals surface area contributed by atoms with E-state index in [9.17, 15) is 0 Å². The quantitative estimate of drug-likeness (QED) is 0.860. The van der Waals surface area contributed by atoms with E-state index in [0.717, 1.165) is 23.0 Å². The topological polar surface area (TPSA) is 48.1 Å². The van der Waals surface area contributed by atoms with Crippen LogP contribution in [0.25, 0.3) is 0 Å². The summed E-state index contributed by atoms with van der Waals surface area (Å²) in [4.78, 5) is 5.24. The zero-order valence-electron chi connectivity index (χ0n) is 9.87. The summed E-state index contributed by atoms with van der Waals surface area (Å²) < 4.78 is 5.67. The summed E-state index contributed by atoms with van der Waals surface area (Å²) in [7, 11) is 0. The van der Waals surface area contributed by atoms with Crippen LogP contribution in [0.2, 0.25) is 0 Å². The van der Waals surface area contributed by atoms with Crippen LogP contribution in [0.1, 0.15) is 11.5 Å². The van der Waals surface area contributed by atoms with Gasteiger partial charge in [0.25, 0.3) is 0 Å². The number of hydrogen-bond acceptors (Lipinski definition) is 4. The van der Waals surface area contributed by atoms with Crippen molar-refractivity contribution in [1.82, 2.24) is 4.98 Å². The molecule has 1 aliphatic heterocycles. The lowest BCUT2D eigenvalue weighted by Gasteiger charge is -2.08. The van der Waals surface area contributed by atoms with Gasteiger partial charge in [-0.05, 0) is 18.2 Å². The van der Waals surface area contributed by atoms with E-state index in [1.807, 2.05) is 30.5 Å². The molecule has 0 spiro atoms. The Morgan fingerprint density at radius 1 is 1.28 bits per heavy atom. The predicted molar refractivity (Wildman–Crippen MR) is 74.1 cm³/mol. The molecular formula is C14H14N2OS. The van der Waals surface area contributed by atoms with Crippen LogP contribution in [-0.2, 0) is 0 Å². The smallest absolute Gasteiger partial charge is 0.123 e. The SMILES string of the molecule is Nc1ccc(SCC2COc3ccccc32)cn1. The van der Waals surface area contributed by atoms with Crippen LogP contribution in [0.15, 0.2) is 47.5 Å². The molecule has 0 radical (unpaired) electrons. The van der Waals surface area contributed by atoms with Crippen LogP contribution >= 0.6 is 11.8 Å². The molecule has 0 bridgehead atoms. The number of fused-ring (bicyclic) bond motifs is 1. The standard InChI is InChI=1S/C14H14N2OS/c15-14-6-5-11(7-16-14)18-9-10-8-17-13-4-2-1-3-12(10)13/h1-7,10H,8-9H2,(H2,15,16). The first-order valence-electron chi connectivity index (χ1n) is 5.89. The largest absolute Gasteiger partial charge is 0.493 e. The number of nitrogens with two attached hydrogens (primary N) is 1. The fourth-order valence-corrected chi connectivity index (χ4v) is 3.00. The highest BCUT2D eigenvalue weighted by atomic mass is 32.2. The van der Waals surface area contributed by atoms with Crippen molar-refractivity contribution in [2.45, 2.75) is 10.8 Å². The Morgan fingerprint density at radius 3 is 3.00 bits per heavy atom. The maximum Gasteiger partial charge on any atom is 0.123 e. The van der Waals surface area contributed by atoms with Crippen LogP contribution in [-0.4, -0.2) is 17.3 Å². The molecule has 4 heteroatoms. The summed E-state index contributed by atoms with van der Waals surface area (Å²) in [6.45, 7) is 0.773. The van der Waals surface area contributed by atoms with Gasteiger partial charge in [-0.25, -0.2) is 4.98 Å². The molecule has 0 saturated carbocycles. The molecule has 92 valence electrons. The van der Waals surface area contributed by atoms with Gasteiger partial charge in [0, 0.05) is 28.3 Å². The summed E-state index contributed by atoms with van der Waals surface area (Å²) in [5.74, 6) is 3.05. The zero-order valence-corrected chi connectivity index (χ0v) is 10.7. The maximum atomic E-state index is 5.67. The van der Waals surface area contributed by atoms with Gasteiger partial charge < -0.3 is 10.5 Å². The van der Waals surface area contributed by atoms with Crippen LogP contribution in [0, 0.1) is 0 Å². The van der Waals surface area contributed by atoms with Crippen LogP contribution in [0.4, 0.5) is 5.82 Å². The predicted octanol–water partition coefficient (Wildman–Crippen LogP) is 2.93. The minimum Gasteiger partial charge on any atom is -0.493 e. The second-order valence-electron chi connectivity index (χ2n) is 4.28. The highest BCUT2D eigenvalue weighted by Crippen LogP contribution is 2.36. The Labute approximate surface area is 110 Å². The lowest BCUT2D eigenvalue weighted by Crippen LogP contribution is -2.03. The molecule has 2 N–H and O–H groups in total. The number of nitrogen functional groups attached to an aromatic ring is 1. The van der Waals surface area contributed by atoms with Gasteiger partial charge in [0.1, 0.15) is 11.6 Å². The molecule has 1 unspecified atom stereocenters. The average Bonchev–Trinajstić information content (AvgIpc) is 2.82. The Morgan fingerprint density at radius 2 is 2.17 bits per heavy atom. The summed E-state index contributed by atoms with van der Waals surface area (Å²) in [6, 6.07) is 12.1. The van der Waals surface area contributed by atoms with E-state index in [1.165, 1.54) is 5.56 Å². The molecule has 1 atom stereocenters. The minimum absolute atomic E-state index is 0.462. The number of thioether (sulfide) groups is 1. The highest BCUT2D eigenvalue weighted by molar-refractivity contribution is 7.99. The monoisotopic (exact) mass is 258 g/mol. The Bertz CT molecular complexity index is 542. The first kappa shape index (κ1) is 11.4. The van der Waals surface area contributed by atoms with E-state index in [-0.39, 0.29) is 0 Å². The molecule has 1 aromatic carbocycles. The van der Waals surface area contributed by atoms with Crippen molar-refractivity contribution in [3.8, 4) is 5.75 Å². The summed E-state index contributed by atoms with van der Waals surface area (Å²) in [5.41, 5.74) is 6.88. The second kappa shape index (κ2) is 4.90. The van der Waals surface area contributed by atoms with Gasteiger partial charge in [-0.3, -0.25) is 0 Å². The molecule has 1 aliphatic rings. The number of aromatic nitrogens is 1. The number of nitrogens with zero attached hydrogens (tertiary/aromatic N) is 1. The molecule has 18 heavy (non-hydrogen) atoms. The van der Waals surface area contributed by atoms with Crippen molar-refractivity contribution in [3.63, 3.8) is 0 Å². The molecule has 0 amide bonds. The third-order valence-electron chi connectivity index (χ3n) is 3.01. The van der Waals surface area contributed by atoms with E-state index in [2.05, 4.69) is 17.1 Å². The number of ether oxygens (including phenoxy) is 1. The summed E-state index contributed by atoms with van der Waals surface area (Å²) in [6.07, 6.45) is 1.82. The van der Waals surface area contributed by atoms with Crippen molar-refractivity contribution >= 4 is 17.6 Å². The van der Waals surface area contributed by atoms with Gasteiger partial charge in [0.15, 0.2) is 0 Å². The first-order chi connectivity index (χ1) is 8.83. The molecule has 2 heterocycles. The van der Waals surface area contributed by atoms with Crippen molar-refractivity contribution < 1.29 is 4.74 Å². The van der Waals surface area contributed by atoms with E-state index in [0.29, 0.717) is 11.7 Å². The van der Waals surface area contributed by atoms with Crippen molar-refractivity contribution in [3.05, 3.63) is 48.2 Å². The number of rotatable bonds is 3. The number of anilines is 1. The van der Waals surface area contributed by atoms with E-state index < -0.39 is 0 Å². The van der Waals surface area contributed by atoms with Gasteiger partial charge in [0.2, 0.25) is 0 Å². The van der Waals surface area contributed by atoms with Crippen LogP contribution in [0.5, 0.6) is 5.75 Å². The average molecular weight is 258 g/mol. The van der Waals surface area contributed by atoms with Crippen molar-refractivity contribution in [2.24, 2.45) is 0 Å². The van der Waals surface area contributed by atoms with Crippen LogP contribution in [0.3, 0.4) is 0 Å². The van der Waals surface area contributed by atoms with Gasteiger partial charge in [0.05, 0.1) is 6.61 Å². The van der Waals surface area contributed by atoms with Gasteiger partial charge >= 0.3 is 0 Å². The number of hydrogen-bond donors (Lipinski definition) is 1. The lowest BCUT2D eigenvalue weighted by molar-refractivity contribution is 0.339. The molecule has 3 rings (SSSR count). The summed E-state index contributed by atoms with van der Waals surface area (Å²) >= 11 is 1.79. The zero-order chi connectivity index (χ0) is 12.4. The molecule has 2 aromatic rings. The molecular weight excluding hydrogens is 244 g/mol. The van der Waals surface area contributed by atoms with Gasteiger partial charge in [-0.1, -0.05) is 18.2 Å². The summed E-state index contributed by atoms with van der Waals surface area (Å²) in [5, 5.41) is 0. The van der Waals surface area contributed by atoms with Crippen molar-refractivity contribution in [2.75, 3.05) is 18.1 Å². The second-order valence-corrected chi connectivity index (χ2v) is 5.37. The minimum atomic E-state index is 0.462. The number of pyridine rings is 1. The third-order valence-corrected chi connectivity index (χ3v) is 4.15. The van der Waals surface area contributed by atoms with E-state index in [4.69, 9.17) is 10.5 Å². The fourth-order valence-electron chi connectivity index (χ4n) is 2.04. The third kappa shape index (κ3) is 2.29. The van der Waals surface area contributed by atoms with E-state index >= 15 is 0 Å². The normalized spacial score (nSPS) is 17.2. The Balaban J connectivity index is 1.67. The van der Waals surface area contributed by atoms with Crippen molar-refractivity contribution in [1.29, 1.82) is 0 Å². The first-order valence-corrected chi connectivity index (χ1v) is 6.87. The molecule has 0 saturated heterocycles. The highest BCUT2D eigenvalue weighted by Gasteiger charge is 2.23. The van der Waals surface area contributed by atoms with Crippen LogP contribution < -0.4 is 10.5 Å². The Hall–Kier alpha value is -1.68. The van der Waals surface area contributed by atoms with Gasteiger partial charge in [-0.15, -0.1) is 11.8 Å². The molecule has 1 aromatic heterocycles. The fraction of sp³-hybridized carbons (Fsp3) is 0.214. The number of benzene rings is 1. The molecule has 0 aliphatic carbocycles. The maximum absolute atomic E-state index is 5.67. The Kier molecular flexibility index (Phi) is 3.11. The lowest BCUT2D eigenvalue weighted by atomic mass is 10.0. The molecule has 0 fully saturated rings. The van der Waals surface area contributed by atoms with Gasteiger partial charge in [-0.2, -0.15) is 0 Å². The number of para-hydroxylation sites is 1. The van der Waals surface area contributed by atoms with E-state index in [1.54, 1.807) is 11.8 Å².